The lowest BCUT2D eigenvalue weighted by Gasteiger charge is -2.09. The molecule has 0 unspecified atom stereocenters. The van der Waals surface area contributed by atoms with Gasteiger partial charge < -0.3 is 15.0 Å². The number of hydrogen-bond acceptors (Lipinski definition) is 6. The van der Waals surface area contributed by atoms with Crippen LogP contribution in [0.5, 0.6) is 5.75 Å². The summed E-state index contributed by atoms with van der Waals surface area (Å²) in [7, 11) is -2.06. The van der Waals surface area contributed by atoms with Crippen molar-refractivity contribution < 1.29 is 17.7 Å². The van der Waals surface area contributed by atoms with Gasteiger partial charge in [0.25, 0.3) is 0 Å². The second-order valence-electron chi connectivity index (χ2n) is 3.73. The third-order valence-corrected chi connectivity index (χ3v) is 3.53. The highest BCUT2D eigenvalue weighted by molar-refractivity contribution is 7.91. The van der Waals surface area contributed by atoms with Crippen LogP contribution in [-0.2, 0) is 9.84 Å². The average Bonchev–Trinajstić information content (AvgIpc) is 2.73. The van der Waals surface area contributed by atoms with E-state index < -0.39 is 9.84 Å². The zero-order valence-corrected chi connectivity index (χ0v) is 10.7. The summed E-state index contributed by atoms with van der Waals surface area (Å²) in [6.45, 7) is 0. The average molecular weight is 268 g/mol. The van der Waals surface area contributed by atoms with E-state index in [1.165, 1.54) is 13.2 Å². The van der Waals surface area contributed by atoms with E-state index in [2.05, 4.69) is 5.16 Å². The number of aromatic nitrogens is 1. The topological polar surface area (TPSA) is 95.4 Å². The molecule has 0 fully saturated rings. The minimum Gasteiger partial charge on any atom is -0.495 e. The largest absolute Gasteiger partial charge is 0.495 e. The Morgan fingerprint density at radius 3 is 2.61 bits per heavy atom. The number of hydrogen-bond donors (Lipinski definition) is 1. The van der Waals surface area contributed by atoms with Crippen LogP contribution in [0.25, 0.3) is 11.3 Å². The fraction of sp³-hybridized carbons (Fsp3) is 0.182. The van der Waals surface area contributed by atoms with Crippen molar-refractivity contribution in [1.82, 2.24) is 5.16 Å². The van der Waals surface area contributed by atoms with Gasteiger partial charge in [-0.05, 0) is 12.1 Å². The van der Waals surface area contributed by atoms with E-state index in [0.29, 0.717) is 5.56 Å². The van der Waals surface area contributed by atoms with Crippen LogP contribution in [0.1, 0.15) is 0 Å². The molecular weight excluding hydrogens is 256 g/mol. The smallest absolute Gasteiger partial charge is 0.179 e. The lowest BCUT2D eigenvalue weighted by atomic mass is 10.1. The molecule has 0 aliphatic rings. The molecule has 1 heterocycles. The van der Waals surface area contributed by atoms with Crippen molar-refractivity contribution in [2.24, 2.45) is 0 Å². The summed E-state index contributed by atoms with van der Waals surface area (Å²) < 4.78 is 33.7. The van der Waals surface area contributed by atoms with Gasteiger partial charge in [-0.25, -0.2) is 8.42 Å². The molecule has 0 spiro atoms. The van der Waals surface area contributed by atoms with Crippen molar-refractivity contribution in [3.05, 3.63) is 24.3 Å². The predicted molar refractivity (Wildman–Crippen MR) is 66.0 cm³/mol. The molecule has 2 rings (SSSR count). The Bertz CT molecular complexity index is 676. The molecule has 7 heteroatoms. The highest BCUT2D eigenvalue weighted by atomic mass is 32.2. The lowest BCUT2D eigenvalue weighted by molar-refractivity contribution is 0.401. The van der Waals surface area contributed by atoms with Crippen LogP contribution in [0, 0.1) is 0 Å². The number of rotatable bonds is 3. The number of nitrogens with zero attached hydrogens (tertiary/aromatic N) is 1. The van der Waals surface area contributed by atoms with Gasteiger partial charge in [0.2, 0.25) is 0 Å². The van der Waals surface area contributed by atoms with Crippen LogP contribution in [0.15, 0.2) is 33.7 Å². The predicted octanol–water partition coefficient (Wildman–Crippen LogP) is 1.34. The van der Waals surface area contributed by atoms with Crippen LogP contribution in [0.3, 0.4) is 0 Å². The molecule has 0 saturated heterocycles. The molecule has 2 aromatic rings. The van der Waals surface area contributed by atoms with Gasteiger partial charge >= 0.3 is 0 Å². The van der Waals surface area contributed by atoms with Gasteiger partial charge in [0.15, 0.2) is 21.4 Å². The first-order valence-corrected chi connectivity index (χ1v) is 6.92. The SMILES string of the molecule is COc1cccc(-c2cc(N)no2)c1S(C)(=O)=O. The Labute approximate surface area is 104 Å². The molecule has 1 aromatic heterocycles. The van der Waals surface area contributed by atoms with Crippen molar-refractivity contribution in [2.75, 3.05) is 19.1 Å². The van der Waals surface area contributed by atoms with E-state index >= 15 is 0 Å². The van der Waals surface area contributed by atoms with Crippen LogP contribution in [-0.4, -0.2) is 26.9 Å². The monoisotopic (exact) mass is 268 g/mol. The molecule has 1 aromatic carbocycles. The number of nitrogens with two attached hydrogens (primary N) is 1. The van der Waals surface area contributed by atoms with Crippen LogP contribution in [0.2, 0.25) is 0 Å². The van der Waals surface area contributed by atoms with E-state index in [9.17, 15) is 8.42 Å². The van der Waals surface area contributed by atoms with Gasteiger partial charge in [-0.2, -0.15) is 0 Å². The first-order chi connectivity index (χ1) is 8.43. The first kappa shape index (κ1) is 12.4. The number of benzene rings is 1. The minimum atomic E-state index is -3.47. The standard InChI is InChI=1S/C11H12N2O4S/c1-16-8-5-3-4-7(11(8)18(2,14)15)9-6-10(12)13-17-9/h3-6H,1-2H3,(H2,12,13). The van der Waals surface area contributed by atoms with Gasteiger partial charge in [0.1, 0.15) is 10.6 Å². The Balaban J connectivity index is 2.75. The molecule has 0 atom stereocenters. The minimum absolute atomic E-state index is 0.0589. The van der Waals surface area contributed by atoms with Crippen molar-refractivity contribution in [3.63, 3.8) is 0 Å². The maximum atomic E-state index is 11.8. The summed E-state index contributed by atoms with van der Waals surface area (Å²) in [5.41, 5.74) is 5.84. The molecular formula is C11H12N2O4S. The van der Waals surface area contributed by atoms with E-state index in [0.717, 1.165) is 6.26 Å². The molecule has 0 aliphatic heterocycles. The number of ether oxygens (including phenoxy) is 1. The normalized spacial score (nSPS) is 11.4. The summed E-state index contributed by atoms with van der Waals surface area (Å²) >= 11 is 0. The Hall–Kier alpha value is -2.02. The van der Waals surface area contributed by atoms with Crippen LogP contribution >= 0.6 is 0 Å². The second-order valence-corrected chi connectivity index (χ2v) is 5.68. The second kappa shape index (κ2) is 4.34. The lowest BCUT2D eigenvalue weighted by Crippen LogP contribution is -2.03. The van der Waals surface area contributed by atoms with Gasteiger partial charge in [-0.1, -0.05) is 11.2 Å². The van der Waals surface area contributed by atoms with Gasteiger partial charge in [0.05, 0.1) is 7.11 Å². The summed E-state index contributed by atoms with van der Waals surface area (Å²) in [5.74, 6) is 0.726. The Morgan fingerprint density at radius 2 is 2.11 bits per heavy atom. The summed E-state index contributed by atoms with van der Waals surface area (Å²) in [4.78, 5) is 0.0589. The molecule has 0 radical (unpaired) electrons. The van der Waals surface area contributed by atoms with Crippen LogP contribution < -0.4 is 10.5 Å². The molecule has 6 nitrogen and oxygen atoms in total. The Morgan fingerprint density at radius 1 is 1.39 bits per heavy atom. The molecule has 0 aliphatic carbocycles. The van der Waals surface area contributed by atoms with Crippen molar-refractivity contribution in [1.29, 1.82) is 0 Å². The zero-order valence-electron chi connectivity index (χ0n) is 9.88. The maximum Gasteiger partial charge on any atom is 0.179 e. The summed E-state index contributed by atoms with van der Waals surface area (Å²) in [5, 5.41) is 3.54. The molecule has 0 amide bonds. The van der Waals surface area contributed by atoms with Crippen LogP contribution in [0.4, 0.5) is 5.82 Å². The van der Waals surface area contributed by atoms with E-state index in [1.54, 1.807) is 18.2 Å². The zero-order chi connectivity index (χ0) is 13.3. The number of anilines is 1. The number of nitrogen functional groups attached to an aromatic ring is 1. The molecule has 2 N–H and O–H groups in total. The highest BCUT2D eigenvalue weighted by Crippen LogP contribution is 2.34. The molecule has 0 saturated carbocycles. The van der Waals surface area contributed by atoms with Gasteiger partial charge in [0, 0.05) is 17.9 Å². The van der Waals surface area contributed by atoms with Crippen molar-refractivity contribution in [3.8, 4) is 17.1 Å². The van der Waals surface area contributed by atoms with E-state index in [4.69, 9.17) is 15.0 Å². The van der Waals surface area contributed by atoms with E-state index in [1.807, 2.05) is 0 Å². The Kier molecular flexibility index (Phi) is 3.00. The molecule has 0 bridgehead atoms. The van der Waals surface area contributed by atoms with Gasteiger partial charge in [-0.3, -0.25) is 0 Å². The van der Waals surface area contributed by atoms with E-state index in [-0.39, 0.29) is 22.2 Å². The highest BCUT2D eigenvalue weighted by Gasteiger charge is 2.22. The van der Waals surface area contributed by atoms with Gasteiger partial charge in [-0.15, -0.1) is 0 Å². The first-order valence-electron chi connectivity index (χ1n) is 5.03. The third-order valence-electron chi connectivity index (χ3n) is 2.36. The van der Waals surface area contributed by atoms with Crippen molar-refractivity contribution >= 4 is 15.7 Å². The number of methoxy groups -OCH3 is 1. The maximum absolute atomic E-state index is 11.8. The fourth-order valence-corrected chi connectivity index (χ4v) is 2.75. The quantitative estimate of drug-likeness (QED) is 0.902. The fourth-order valence-electron chi connectivity index (χ4n) is 1.67. The summed E-state index contributed by atoms with van der Waals surface area (Å²) in [6.07, 6.45) is 1.11. The summed E-state index contributed by atoms with van der Waals surface area (Å²) in [6, 6.07) is 6.31. The third kappa shape index (κ3) is 2.17. The van der Waals surface area contributed by atoms with Crippen molar-refractivity contribution in [2.45, 2.75) is 4.90 Å². The molecule has 18 heavy (non-hydrogen) atoms. The molecule has 96 valence electrons. The number of sulfone groups is 1.